The Balaban J connectivity index is 1.90. The molecule has 0 aliphatic heterocycles. The number of rotatable bonds is 5. The molecule has 0 atom stereocenters. The molecule has 0 aliphatic rings. The highest BCUT2D eigenvalue weighted by molar-refractivity contribution is 5.83. The van der Waals surface area contributed by atoms with Crippen LogP contribution in [0.3, 0.4) is 0 Å². The first-order chi connectivity index (χ1) is 9.36. The number of hydrogen-bond donors (Lipinski definition) is 2. The van der Waals surface area contributed by atoms with Crippen molar-refractivity contribution in [1.29, 1.82) is 0 Å². The van der Waals surface area contributed by atoms with E-state index in [4.69, 9.17) is 5.11 Å². The van der Waals surface area contributed by atoms with Gasteiger partial charge in [0.25, 0.3) is 0 Å². The average Bonchev–Trinajstić information content (AvgIpc) is 3.06. The van der Waals surface area contributed by atoms with Gasteiger partial charge >= 0.3 is 0 Å². The lowest BCUT2D eigenvalue weighted by atomic mass is 10.1. The van der Waals surface area contributed by atoms with Gasteiger partial charge in [0.05, 0.1) is 6.54 Å². The molecule has 5 heteroatoms. The molecular formula is C14H16N4O. The fourth-order valence-electron chi connectivity index (χ4n) is 2.30. The summed E-state index contributed by atoms with van der Waals surface area (Å²) >= 11 is 0. The first kappa shape index (κ1) is 11.9. The molecule has 2 aromatic heterocycles. The van der Waals surface area contributed by atoms with Gasteiger partial charge in [0.2, 0.25) is 0 Å². The minimum atomic E-state index is 0.228. The SMILES string of the molecule is OCCCc1c[nH]c2ccc(Cn3cncn3)cc12. The average molecular weight is 256 g/mol. The minimum Gasteiger partial charge on any atom is -0.396 e. The van der Waals surface area contributed by atoms with Gasteiger partial charge in [-0.3, -0.25) is 0 Å². The Bertz CT molecular complexity index is 657. The molecule has 3 aromatic rings. The number of aromatic nitrogens is 4. The van der Waals surface area contributed by atoms with Crippen molar-refractivity contribution in [2.45, 2.75) is 19.4 Å². The predicted molar refractivity (Wildman–Crippen MR) is 72.8 cm³/mol. The summed E-state index contributed by atoms with van der Waals surface area (Å²) < 4.78 is 1.81. The van der Waals surface area contributed by atoms with Gasteiger partial charge < -0.3 is 10.1 Å². The van der Waals surface area contributed by atoms with E-state index in [1.165, 1.54) is 16.5 Å². The Hall–Kier alpha value is -2.14. The van der Waals surface area contributed by atoms with Crippen LogP contribution < -0.4 is 0 Å². The number of aromatic amines is 1. The molecule has 2 heterocycles. The minimum absolute atomic E-state index is 0.228. The number of nitrogens with one attached hydrogen (secondary N) is 1. The van der Waals surface area contributed by atoms with E-state index >= 15 is 0 Å². The standard InChI is InChI=1S/C14H16N4O/c19-5-1-2-12-7-16-14-4-3-11(6-13(12)14)8-18-10-15-9-17-18/h3-4,6-7,9-10,16,19H,1-2,5,8H2. The maximum Gasteiger partial charge on any atom is 0.137 e. The number of benzene rings is 1. The monoisotopic (exact) mass is 256 g/mol. The van der Waals surface area contributed by atoms with Crippen LogP contribution >= 0.6 is 0 Å². The molecule has 0 spiro atoms. The molecule has 5 nitrogen and oxygen atoms in total. The molecule has 0 aliphatic carbocycles. The highest BCUT2D eigenvalue weighted by Crippen LogP contribution is 2.21. The lowest BCUT2D eigenvalue weighted by molar-refractivity contribution is 0.289. The number of aryl methyl sites for hydroxylation is 1. The molecule has 3 rings (SSSR count). The Morgan fingerprint density at radius 3 is 3.05 bits per heavy atom. The zero-order chi connectivity index (χ0) is 13.1. The smallest absolute Gasteiger partial charge is 0.137 e. The zero-order valence-electron chi connectivity index (χ0n) is 10.6. The molecule has 0 radical (unpaired) electrons. The van der Waals surface area contributed by atoms with E-state index in [9.17, 15) is 0 Å². The van der Waals surface area contributed by atoms with Gasteiger partial charge in [0, 0.05) is 23.7 Å². The summed E-state index contributed by atoms with van der Waals surface area (Å²) in [6.07, 6.45) is 6.97. The lowest BCUT2D eigenvalue weighted by Gasteiger charge is -2.03. The van der Waals surface area contributed by atoms with Crippen LogP contribution in [0.4, 0.5) is 0 Å². The van der Waals surface area contributed by atoms with Crippen molar-refractivity contribution in [2.24, 2.45) is 0 Å². The Morgan fingerprint density at radius 1 is 1.32 bits per heavy atom. The molecule has 0 amide bonds. The van der Waals surface area contributed by atoms with E-state index in [1.54, 1.807) is 17.3 Å². The molecule has 0 fully saturated rings. The number of aliphatic hydroxyl groups is 1. The van der Waals surface area contributed by atoms with Crippen molar-refractivity contribution in [2.75, 3.05) is 6.61 Å². The van der Waals surface area contributed by atoms with Crippen LogP contribution in [-0.4, -0.2) is 31.5 Å². The van der Waals surface area contributed by atoms with Gasteiger partial charge in [-0.2, -0.15) is 5.10 Å². The van der Waals surface area contributed by atoms with Crippen LogP contribution in [-0.2, 0) is 13.0 Å². The summed E-state index contributed by atoms with van der Waals surface area (Å²) in [5, 5.41) is 14.3. The molecular weight excluding hydrogens is 240 g/mol. The van der Waals surface area contributed by atoms with Crippen LogP contribution in [0.5, 0.6) is 0 Å². The molecule has 0 bridgehead atoms. The van der Waals surface area contributed by atoms with Crippen LogP contribution in [0.25, 0.3) is 10.9 Å². The fourth-order valence-corrected chi connectivity index (χ4v) is 2.30. The van der Waals surface area contributed by atoms with Gasteiger partial charge in [-0.05, 0) is 36.1 Å². The van der Waals surface area contributed by atoms with Crippen molar-refractivity contribution in [3.05, 3.63) is 48.2 Å². The number of fused-ring (bicyclic) bond motifs is 1. The van der Waals surface area contributed by atoms with Crippen LogP contribution in [0, 0.1) is 0 Å². The van der Waals surface area contributed by atoms with Crippen molar-refractivity contribution >= 4 is 10.9 Å². The molecule has 1 aromatic carbocycles. The number of nitrogens with zero attached hydrogens (tertiary/aromatic N) is 3. The maximum absolute atomic E-state index is 8.93. The van der Waals surface area contributed by atoms with E-state index < -0.39 is 0 Å². The molecule has 0 unspecified atom stereocenters. The van der Waals surface area contributed by atoms with E-state index in [1.807, 2.05) is 6.20 Å². The zero-order valence-corrected chi connectivity index (χ0v) is 10.6. The quantitative estimate of drug-likeness (QED) is 0.730. The second kappa shape index (κ2) is 5.24. The van der Waals surface area contributed by atoms with E-state index in [0.29, 0.717) is 0 Å². The normalized spacial score (nSPS) is 11.2. The molecule has 0 saturated carbocycles. The third-order valence-corrected chi connectivity index (χ3v) is 3.25. The van der Waals surface area contributed by atoms with E-state index in [0.717, 1.165) is 24.9 Å². The molecule has 98 valence electrons. The summed E-state index contributed by atoms with van der Waals surface area (Å²) in [6.45, 7) is 0.950. The second-order valence-corrected chi connectivity index (χ2v) is 4.61. The summed E-state index contributed by atoms with van der Waals surface area (Å²) in [6, 6.07) is 6.36. The number of aliphatic hydroxyl groups excluding tert-OH is 1. The Kier molecular flexibility index (Phi) is 3.29. The summed E-state index contributed by atoms with van der Waals surface area (Å²) in [5.41, 5.74) is 3.59. The molecule has 19 heavy (non-hydrogen) atoms. The number of H-pyrrole nitrogens is 1. The number of hydrogen-bond acceptors (Lipinski definition) is 3. The fraction of sp³-hybridized carbons (Fsp3) is 0.286. The van der Waals surface area contributed by atoms with Gasteiger partial charge in [-0.25, -0.2) is 9.67 Å². The van der Waals surface area contributed by atoms with Crippen LogP contribution in [0.2, 0.25) is 0 Å². The van der Waals surface area contributed by atoms with Crippen molar-refractivity contribution in [3.63, 3.8) is 0 Å². The van der Waals surface area contributed by atoms with Gasteiger partial charge in [-0.15, -0.1) is 0 Å². The molecule has 0 saturated heterocycles. The third-order valence-electron chi connectivity index (χ3n) is 3.25. The van der Waals surface area contributed by atoms with Crippen LogP contribution in [0.15, 0.2) is 37.1 Å². The Labute approximate surface area is 110 Å². The summed E-state index contributed by atoms with van der Waals surface area (Å²) in [7, 11) is 0. The van der Waals surface area contributed by atoms with Gasteiger partial charge in [-0.1, -0.05) is 6.07 Å². The van der Waals surface area contributed by atoms with Crippen molar-refractivity contribution in [3.8, 4) is 0 Å². The largest absolute Gasteiger partial charge is 0.396 e. The van der Waals surface area contributed by atoms with Gasteiger partial charge in [0.1, 0.15) is 12.7 Å². The topological polar surface area (TPSA) is 66.7 Å². The summed E-state index contributed by atoms with van der Waals surface area (Å²) in [5.74, 6) is 0. The van der Waals surface area contributed by atoms with Crippen LogP contribution in [0.1, 0.15) is 17.5 Å². The maximum atomic E-state index is 8.93. The van der Waals surface area contributed by atoms with E-state index in [2.05, 4.69) is 33.3 Å². The highest BCUT2D eigenvalue weighted by atomic mass is 16.2. The molecule has 2 N–H and O–H groups in total. The first-order valence-electron chi connectivity index (χ1n) is 6.39. The van der Waals surface area contributed by atoms with Crippen molar-refractivity contribution < 1.29 is 5.11 Å². The Morgan fingerprint density at radius 2 is 2.26 bits per heavy atom. The van der Waals surface area contributed by atoms with Gasteiger partial charge in [0.15, 0.2) is 0 Å². The second-order valence-electron chi connectivity index (χ2n) is 4.61. The predicted octanol–water partition coefficient (Wildman–Crippen LogP) is 1.73. The lowest BCUT2D eigenvalue weighted by Crippen LogP contribution is -1.99. The van der Waals surface area contributed by atoms with E-state index in [-0.39, 0.29) is 6.61 Å². The summed E-state index contributed by atoms with van der Waals surface area (Å²) in [4.78, 5) is 7.21. The first-order valence-corrected chi connectivity index (χ1v) is 6.39. The highest BCUT2D eigenvalue weighted by Gasteiger charge is 2.05. The van der Waals surface area contributed by atoms with Crippen molar-refractivity contribution in [1.82, 2.24) is 19.7 Å². The third kappa shape index (κ3) is 2.51.